The van der Waals surface area contributed by atoms with Crippen LogP contribution in [0.2, 0.25) is 0 Å². The summed E-state index contributed by atoms with van der Waals surface area (Å²) >= 11 is 0. The van der Waals surface area contributed by atoms with Crippen LogP contribution in [0.5, 0.6) is 5.75 Å². The molecular formula is C15H21NO2. The lowest BCUT2D eigenvalue weighted by molar-refractivity contribution is 0.116. The maximum atomic E-state index is 5.53. The van der Waals surface area contributed by atoms with Gasteiger partial charge in [-0.2, -0.15) is 0 Å². The summed E-state index contributed by atoms with van der Waals surface area (Å²) in [5, 5.41) is 3.41. The van der Waals surface area contributed by atoms with Crippen molar-refractivity contribution in [1.29, 1.82) is 0 Å². The molecule has 0 radical (unpaired) electrons. The molecule has 18 heavy (non-hydrogen) atoms. The molecule has 1 N–H and O–H groups in total. The van der Waals surface area contributed by atoms with Crippen molar-refractivity contribution in [3.05, 3.63) is 42.5 Å². The van der Waals surface area contributed by atoms with Gasteiger partial charge in [-0.15, -0.1) is 0 Å². The van der Waals surface area contributed by atoms with Crippen molar-refractivity contribution < 1.29 is 9.47 Å². The van der Waals surface area contributed by atoms with Gasteiger partial charge in [0.05, 0.1) is 13.2 Å². The van der Waals surface area contributed by atoms with Gasteiger partial charge < -0.3 is 14.8 Å². The minimum atomic E-state index is 0.577. The molecular weight excluding hydrogens is 226 g/mol. The van der Waals surface area contributed by atoms with E-state index in [0.717, 1.165) is 23.9 Å². The molecule has 1 aromatic rings. The lowest BCUT2D eigenvalue weighted by Gasteiger charge is -2.09. The number of para-hydroxylation sites is 1. The van der Waals surface area contributed by atoms with Gasteiger partial charge in [-0.3, -0.25) is 0 Å². The largest absolute Gasteiger partial charge is 0.491 e. The molecule has 0 heterocycles. The Morgan fingerprint density at radius 3 is 2.72 bits per heavy atom. The first-order valence-corrected chi connectivity index (χ1v) is 6.50. The SMILES string of the molecule is C=C(CNC1CC1)COCCOc1ccccc1. The van der Waals surface area contributed by atoms with Gasteiger partial charge in [0.1, 0.15) is 12.4 Å². The molecule has 0 aliphatic heterocycles. The predicted molar refractivity (Wildman–Crippen MR) is 72.9 cm³/mol. The van der Waals surface area contributed by atoms with Crippen molar-refractivity contribution in [2.24, 2.45) is 0 Å². The van der Waals surface area contributed by atoms with Gasteiger partial charge in [0, 0.05) is 12.6 Å². The van der Waals surface area contributed by atoms with Gasteiger partial charge in [-0.1, -0.05) is 24.8 Å². The minimum absolute atomic E-state index is 0.577. The van der Waals surface area contributed by atoms with Crippen LogP contribution in [0.3, 0.4) is 0 Å². The zero-order valence-electron chi connectivity index (χ0n) is 10.7. The average molecular weight is 247 g/mol. The molecule has 2 rings (SSSR count). The second-order valence-corrected chi connectivity index (χ2v) is 4.62. The number of hydrogen-bond donors (Lipinski definition) is 1. The fourth-order valence-corrected chi connectivity index (χ4v) is 1.58. The van der Waals surface area contributed by atoms with Crippen molar-refractivity contribution >= 4 is 0 Å². The number of ether oxygens (including phenoxy) is 2. The second kappa shape index (κ2) is 7.19. The van der Waals surface area contributed by atoms with Crippen molar-refractivity contribution in [3.63, 3.8) is 0 Å². The topological polar surface area (TPSA) is 30.5 Å². The van der Waals surface area contributed by atoms with Crippen LogP contribution < -0.4 is 10.1 Å². The Kier molecular flexibility index (Phi) is 5.24. The first-order valence-electron chi connectivity index (χ1n) is 6.50. The predicted octanol–water partition coefficient (Wildman–Crippen LogP) is 2.39. The molecule has 3 nitrogen and oxygen atoms in total. The third-order valence-electron chi connectivity index (χ3n) is 2.76. The normalized spacial score (nSPS) is 14.4. The summed E-state index contributed by atoms with van der Waals surface area (Å²) in [6.07, 6.45) is 2.61. The Balaban J connectivity index is 1.46. The van der Waals surface area contributed by atoms with Crippen molar-refractivity contribution in [2.45, 2.75) is 18.9 Å². The van der Waals surface area contributed by atoms with Crippen LogP contribution in [0.25, 0.3) is 0 Å². The van der Waals surface area contributed by atoms with Crippen LogP contribution >= 0.6 is 0 Å². The number of rotatable bonds is 9. The Labute approximate surface area is 109 Å². The molecule has 1 aliphatic rings. The highest BCUT2D eigenvalue weighted by molar-refractivity contribution is 5.20. The van der Waals surface area contributed by atoms with Gasteiger partial charge in [0.15, 0.2) is 0 Å². The van der Waals surface area contributed by atoms with E-state index in [1.54, 1.807) is 0 Å². The van der Waals surface area contributed by atoms with E-state index in [1.165, 1.54) is 12.8 Å². The first kappa shape index (κ1) is 13.1. The summed E-state index contributed by atoms with van der Waals surface area (Å²) in [7, 11) is 0. The van der Waals surface area contributed by atoms with Crippen LogP contribution in [-0.2, 0) is 4.74 Å². The summed E-state index contributed by atoms with van der Waals surface area (Å²) in [5.41, 5.74) is 1.10. The Morgan fingerprint density at radius 2 is 2.00 bits per heavy atom. The monoisotopic (exact) mass is 247 g/mol. The summed E-state index contributed by atoms with van der Waals surface area (Å²) in [5.74, 6) is 0.885. The van der Waals surface area contributed by atoms with Gasteiger partial charge >= 0.3 is 0 Å². The van der Waals surface area contributed by atoms with Crippen molar-refractivity contribution in [1.82, 2.24) is 5.32 Å². The van der Waals surface area contributed by atoms with Gasteiger partial charge in [0.2, 0.25) is 0 Å². The molecule has 0 saturated heterocycles. The molecule has 98 valence electrons. The molecule has 0 aromatic heterocycles. The Morgan fingerprint density at radius 1 is 1.22 bits per heavy atom. The van der Waals surface area contributed by atoms with E-state index in [-0.39, 0.29) is 0 Å². The third kappa shape index (κ3) is 5.34. The summed E-state index contributed by atoms with van der Waals surface area (Å²) in [6, 6.07) is 10.5. The molecule has 0 bridgehead atoms. The van der Waals surface area contributed by atoms with Gasteiger partial charge in [-0.25, -0.2) is 0 Å². The van der Waals surface area contributed by atoms with E-state index in [0.29, 0.717) is 19.8 Å². The Bertz CT molecular complexity index is 360. The fourth-order valence-electron chi connectivity index (χ4n) is 1.58. The van der Waals surface area contributed by atoms with E-state index in [1.807, 2.05) is 30.3 Å². The molecule has 3 heteroatoms. The van der Waals surface area contributed by atoms with E-state index in [2.05, 4.69) is 11.9 Å². The van der Waals surface area contributed by atoms with E-state index >= 15 is 0 Å². The third-order valence-corrected chi connectivity index (χ3v) is 2.76. The number of benzene rings is 1. The maximum Gasteiger partial charge on any atom is 0.119 e. The van der Waals surface area contributed by atoms with Crippen LogP contribution in [0.15, 0.2) is 42.5 Å². The first-order chi connectivity index (χ1) is 8.84. The zero-order valence-corrected chi connectivity index (χ0v) is 10.7. The van der Waals surface area contributed by atoms with Crippen LogP contribution in [-0.4, -0.2) is 32.4 Å². The molecule has 1 aromatic carbocycles. The summed E-state index contributed by atoms with van der Waals surface area (Å²) in [6.45, 7) is 6.63. The Hall–Kier alpha value is -1.32. The molecule has 1 saturated carbocycles. The lowest BCUT2D eigenvalue weighted by Crippen LogP contribution is -2.21. The quantitative estimate of drug-likeness (QED) is 0.537. The van der Waals surface area contributed by atoms with Gasteiger partial charge in [-0.05, 0) is 30.5 Å². The molecule has 0 amide bonds. The van der Waals surface area contributed by atoms with Crippen LogP contribution in [0.1, 0.15) is 12.8 Å². The molecule has 0 unspecified atom stereocenters. The van der Waals surface area contributed by atoms with E-state index in [9.17, 15) is 0 Å². The highest BCUT2D eigenvalue weighted by Crippen LogP contribution is 2.18. The fraction of sp³-hybridized carbons (Fsp3) is 0.467. The molecule has 0 atom stereocenters. The average Bonchev–Trinajstić information content (AvgIpc) is 3.21. The standard InChI is InChI=1S/C15H21NO2/c1-13(11-16-14-7-8-14)12-17-9-10-18-15-5-3-2-4-6-15/h2-6,14,16H,1,7-12H2. The number of hydrogen-bond acceptors (Lipinski definition) is 3. The smallest absolute Gasteiger partial charge is 0.119 e. The maximum absolute atomic E-state index is 5.53. The van der Waals surface area contributed by atoms with Crippen LogP contribution in [0.4, 0.5) is 0 Å². The summed E-state index contributed by atoms with van der Waals surface area (Å²) < 4.78 is 11.0. The van der Waals surface area contributed by atoms with E-state index < -0.39 is 0 Å². The van der Waals surface area contributed by atoms with E-state index in [4.69, 9.17) is 9.47 Å². The number of nitrogens with one attached hydrogen (secondary N) is 1. The van der Waals surface area contributed by atoms with Crippen molar-refractivity contribution in [2.75, 3.05) is 26.4 Å². The highest BCUT2D eigenvalue weighted by atomic mass is 16.5. The summed E-state index contributed by atoms with van der Waals surface area (Å²) in [4.78, 5) is 0. The molecule has 1 aliphatic carbocycles. The van der Waals surface area contributed by atoms with Crippen molar-refractivity contribution in [3.8, 4) is 5.75 Å². The second-order valence-electron chi connectivity index (χ2n) is 4.62. The molecule has 0 spiro atoms. The van der Waals surface area contributed by atoms with Crippen LogP contribution in [0, 0.1) is 0 Å². The zero-order chi connectivity index (χ0) is 12.6. The molecule has 1 fully saturated rings. The van der Waals surface area contributed by atoms with Gasteiger partial charge in [0.25, 0.3) is 0 Å². The lowest BCUT2D eigenvalue weighted by atomic mass is 10.3. The minimum Gasteiger partial charge on any atom is -0.491 e. The highest BCUT2D eigenvalue weighted by Gasteiger charge is 2.19.